The second kappa shape index (κ2) is 13.1. The molecule has 0 N–H and O–H groups in total. The largest absolute Gasteiger partial charge is 0.376 e. The molecule has 0 aliphatic heterocycles. The van der Waals surface area contributed by atoms with Crippen LogP contribution in [0.5, 0.6) is 0 Å². The molecule has 3 atom stereocenters. The Morgan fingerprint density at radius 2 is 1.00 bits per heavy atom. The zero-order chi connectivity index (χ0) is 27.1. The van der Waals surface area contributed by atoms with Crippen molar-refractivity contribution in [3.05, 3.63) is 151 Å². The van der Waals surface area contributed by atoms with Gasteiger partial charge in [0.25, 0.3) is 0 Å². The second-order valence-electron chi connectivity index (χ2n) is 10.4. The van der Waals surface area contributed by atoms with Crippen molar-refractivity contribution in [1.29, 1.82) is 0 Å². The summed E-state index contributed by atoms with van der Waals surface area (Å²) in [5.41, 5.74) is 1.93. The average molecular weight is 559 g/mol. The molecule has 5 aromatic carbocycles. The van der Waals surface area contributed by atoms with Gasteiger partial charge in [0.1, 0.15) is 0 Å². The average Bonchev–Trinajstić information content (AvgIpc) is 3.50. The van der Waals surface area contributed by atoms with Crippen LogP contribution in [0.15, 0.2) is 146 Å². The van der Waals surface area contributed by atoms with E-state index in [1.54, 1.807) is 0 Å². The third kappa shape index (κ3) is 5.70. The summed E-state index contributed by atoms with van der Waals surface area (Å²) in [6, 6.07) is 53.6. The van der Waals surface area contributed by atoms with Crippen LogP contribution >= 0.6 is 15.8 Å². The van der Waals surface area contributed by atoms with Gasteiger partial charge in [0.05, 0.1) is 6.10 Å². The van der Waals surface area contributed by atoms with Gasteiger partial charge in [-0.2, -0.15) is 0 Å². The first-order chi connectivity index (χ1) is 19.8. The van der Waals surface area contributed by atoms with Gasteiger partial charge in [-0.1, -0.05) is 152 Å². The summed E-state index contributed by atoms with van der Waals surface area (Å²) in [5.74, 6) is 0.459. The van der Waals surface area contributed by atoms with E-state index >= 15 is 0 Å². The zero-order valence-corrected chi connectivity index (χ0v) is 24.8. The molecule has 1 unspecified atom stereocenters. The first-order valence-electron chi connectivity index (χ1n) is 14.3. The van der Waals surface area contributed by atoms with E-state index in [1.165, 1.54) is 51.3 Å². The molecule has 1 saturated carbocycles. The highest BCUT2D eigenvalue weighted by Crippen LogP contribution is 2.54. The quantitative estimate of drug-likeness (QED) is 0.171. The van der Waals surface area contributed by atoms with Crippen molar-refractivity contribution in [2.75, 3.05) is 7.11 Å². The van der Waals surface area contributed by atoms with Crippen LogP contribution in [0.1, 0.15) is 30.9 Å². The van der Waals surface area contributed by atoms with Crippen LogP contribution in [0.3, 0.4) is 0 Å². The minimum Gasteiger partial charge on any atom is -0.376 e. The Labute approximate surface area is 241 Å². The van der Waals surface area contributed by atoms with Crippen LogP contribution in [-0.2, 0) is 4.74 Å². The molecule has 40 heavy (non-hydrogen) atoms. The molecule has 1 aliphatic carbocycles. The van der Waals surface area contributed by atoms with Crippen LogP contribution in [0.4, 0.5) is 0 Å². The molecular formula is C37H36OP2. The fourth-order valence-electron chi connectivity index (χ4n) is 6.40. The van der Waals surface area contributed by atoms with Gasteiger partial charge in [-0.3, -0.25) is 0 Å². The van der Waals surface area contributed by atoms with Crippen LogP contribution in [-0.4, -0.2) is 12.8 Å². The Hall–Kier alpha value is -3.08. The Morgan fingerprint density at radius 1 is 0.550 bits per heavy atom. The highest BCUT2D eigenvalue weighted by molar-refractivity contribution is 7.80. The molecule has 0 amide bonds. The van der Waals surface area contributed by atoms with Gasteiger partial charge < -0.3 is 4.74 Å². The Balaban J connectivity index is 1.44. The predicted octanol–water partition coefficient (Wildman–Crippen LogP) is 7.43. The third-order valence-corrected chi connectivity index (χ3v) is 13.6. The molecule has 0 spiro atoms. The van der Waals surface area contributed by atoms with E-state index in [-0.39, 0.29) is 6.10 Å². The van der Waals surface area contributed by atoms with Gasteiger partial charge in [-0.25, -0.2) is 0 Å². The number of rotatable bonds is 9. The maximum absolute atomic E-state index is 6.56. The lowest BCUT2D eigenvalue weighted by Crippen LogP contribution is -2.32. The standard InChI is InChI=1S/C37H36OP2/c1-38-37(34-26-16-28-36(34)40(31-21-10-4-11-22-31)32-23-12-5-13-24-32)33-25-14-15-27-35(33)39(29-17-6-2-7-18-29)30-19-8-3-9-20-30/h2-15,17-25,27,34,36-37H,16,26,28H2,1H3/t34?,36-,37+/m0/s1. The monoisotopic (exact) mass is 558 g/mol. The molecule has 0 radical (unpaired) electrons. The fourth-order valence-corrected chi connectivity index (χ4v) is 12.1. The molecule has 3 heteroatoms. The SMILES string of the molecule is CO[C@H](c1ccccc1P(c1ccccc1)c1ccccc1)C1CCC[C@@H]1P(c1ccccc1)c1ccccc1. The minimum atomic E-state index is -0.711. The van der Waals surface area contributed by atoms with Gasteiger partial charge in [0.2, 0.25) is 0 Å². The van der Waals surface area contributed by atoms with Crippen LogP contribution in [0.25, 0.3) is 0 Å². The van der Waals surface area contributed by atoms with E-state index in [9.17, 15) is 0 Å². The number of benzene rings is 5. The Kier molecular flexibility index (Phi) is 8.85. The maximum Gasteiger partial charge on any atom is 0.0861 e. The first-order valence-corrected chi connectivity index (χ1v) is 17.0. The molecular weight excluding hydrogens is 522 g/mol. The van der Waals surface area contributed by atoms with Gasteiger partial charge in [0.15, 0.2) is 0 Å². The molecule has 5 aromatic rings. The van der Waals surface area contributed by atoms with Crippen LogP contribution in [0, 0.1) is 5.92 Å². The van der Waals surface area contributed by atoms with E-state index in [2.05, 4.69) is 146 Å². The van der Waals surface area contributed by atoms with Gasteiger partial charge in [-0.05, 0) is 72.3 Å². The lowest BCUT2D eigenvalue weighted by Gasteiger charge is -2.36. The molecule has 0 heterocycles. The van der Waals surface area contributed by atoms with Crippen molar-refractivity contribution in [3.8, 4) is 0 Å². The van der Waals surface area contributed by atoms with Crippen molar-refractivity contribution in [3.63, 3.8) is 0 Å². The third-order valence-electron chi connectivity index (χ3n) is 8.09. The molecule has 1 nitrogen and oxygen atoms in total. The van der Waals surface area contributed by atoms with Crippen molar-refractivity contribution < 1.29 is 4.74 Å². The van der Waals surface area contributed by atoms with Crippen LogP contribution < -0.4 is 26.5 Å². The van der Waals surface area contributed by atoms with Gasteiger partial charge in [-0.15, -0.1) is 0 Å². The van der Waals surface area contributed by atoms with E-state index < -0.39 is 15.8 Å². The summed E-state index contributed by atoms with van der Waals surface area (Å²) in [5, 5.41) is 7.12. The fraction of sp³-hybridized carbons (Fsp3) is 0.189. The Bertz CT molecular complexity index is 1400. The van der Waals surface area contributed by atoms with Crippen molar-refractivity contribution in [1.82, 2.24) is 0 Å². The Morgan fingerprint density at radius 3 is 1.50 bits per heavy atom. The summed E-state index contributed by atoms with van der Waals surface area (Å²) in [4.78, 5) is 0. The molecule has 6 rings (SSSR count). The van der Waals surface area contributed by atoms with E-state index in [0.717, 1.165) is 0 Å². The molecule has 1 aliphatic rings. The van der Waals surface area contributed by atoms with E-state index in [1.807, 2.05) is 7.11 Å². The summed E-state index contributed by atoms with van der Waals surface area (Å²) < 4.78 is 6.56. The number of methoxy groups -OCH3 is 1. The molecule has 0 bridgehead atoms. The number of hydrogen-bond donors (Lipinski definition) is 0. The summed E-state index contributed by atoms with van der Waals surface area (Å²) in [6.45, 7) is 0. The van der Waals surface area contributed by atoms with E-state index in [4.69, 9.17) is 4.74 Å². The maximum atomic E-state index is 6.56. The molecule has 1 fully saturated rings. The minimum absolute atomic E-state index is 0.0542. The topological polar surface area (TPSA) is 9.23 Å². The number of hydrogen-bond acceptors (Lipinski definition) is 1. The van der Waals surface area contributed by atoms with E-state index in [0.29, 0.717) is 11.6 Å². The predicted molar refractivity (Wildman–Crippen MR) is 175 cm³/mol. The lowest BCUT2D eigenvalue weighted by molar-refractivity contribution is 0.0559. The van der Waals surface area contributed by atoms with Crippen LogP contribution in [0.2, 0.25) is 0 Å². The smallest absolute Gasteiger partial charge is 0.0861 e. The first kappa shape index (κ1) is 27.1. The summed E-state index contributed by atoms with van der Waals surface area (Å²) >= 11 is 0. The highest BCUT2D eigenvalue weighted by Gasteiger charge is 2.41. The summed E-state index contributed by atoms with van der Waals surface area (Å²) in [7, 11) is 0.710. The lowest BCUT2D eigenvalue weighted by atomic mass is 9.94. The second-order valence-corrected chi connectivity index (χ2v) is 15.0. The van der Waals surface area contributed by atoms with Crippen molar-refractivity contribution in [2.45, 2.75) is 31.0 Å². The zero-order valence-electron chi connectivity index (χ0n) is 23.0. The number of ether oxygens (including phenoxy) is 1. The van der Waals surface area contributed by atoms with Crippen molar-refractivity contribution >= 4 is 42.4 Å². The van der Waals surface area contributed by atoms with Gasteiger partial charge in [0, 0.05) is 7.11 Å². The molecule has 0 aromatic heterocycles. The highest BCUT2D eigenvalue weighted by atomic mass is 31.1. The molecule has 0 saturated heterocycles. The van der Waals surface area contributed by atoms with Crippen molar-refractivity contribution in [2.24, 2.45) is 5.92 Å². The normalized spacial score (nSPS) is 17.8. The molecule has 200 valence electrons. The van der Waals surface area contributed by atoms with Gasteiger partial charge >= 0.3 is 0 Å². The summed E-state index contributed by atoms with van der Waals surface area (Å²) in [6.07, 6.45) is 3.75.